The molecule has 1 fully saturated rings. The number of aromatic nitrogens is 2. The minimum atomic E-state index is -0.0826. The molecule has 2 rings (SSSR count). The Hall–Kier alpha value is -1.17. The van der Waals surface area contributed by atoms with E-state index in [1.54, 1.807) is 0 Å². The van der Waals surface area contributed by atoms with Crippen molar-refractivity contribution in [2.75, 3.05) is 24.6 Å². The van der Waals surface area contributed by atoms with Crippen LogP contribution >= 0.6 is 11.5 Å². The molecule has 19 heavy (non-hydrogen) atoms. The maximum Gasteiger partial charge on any atom is 0.310 e. The fourth-order valence-corrected chi connectivity index (χ4v) is 3.04. The van der Waals surface area contributed by atoms with Crippen LogP contribution in [-0.4, -0.2) is 35.0 Å². The minimum absolute atomic E-state index is 0.0277. The molecule has 1 aliphatic heterocycles. The van der Waals surface area contributed by atoms with Gasteiger partial charge in [0.2, 0.25) is 5.13 Å². The second-order valence-electron chi connectivity index (χ2n) is 5.13. The lowest BCUT2D eigenvalue weighted by Crippen LogP contribution is -2.39. The lowest BCUT2D eigenvalue weighted by molar-refractivity contribution is -0.148. The third kappa shape index (κ3) is 3.43. The average molecular weight is 283 g/mol. The van der Waals surface area contributed by atoms with Gasteiger partial charge in [-0.2, -0.15) is 4.37 Å². The number of hydrogen-bond donors (Lipinski definition) is 0. The Kier molecular flexibility index (Phi) is 4.74. The summed E-state index contributed by atoms with van der Waals surface area (Å²) in [5.74, 6) is 1.12. The first-order valence-electron chi connectivity index (χ1n) is 6.87. The highest BCUT2D eigenvalue weighted by Crippen LogP contribution is 2.26. The molecule has 2 heterocycles. The molecule has 0 spiro atoms. The second-order valence-corrected chi connectivity index (χ2v) is 5.86. The molecule has 1 aromatic heterocycles. The van der Waals surface area contributed by atoms with E-state index in [1.807, 2.05) is 6.92 Å². The largest absolute Gasteiger partial charge is 0.466 e. The van der Waals surface area contributed by atoms with Gasteiger partial charge in [0.1, 0.15) is 5.82 Å². The third-order valence-corrected chi connectivity index (χ3v) is 4.05. The summed E-state index contributed by atoms with van der Waals surface area (Å²) in [5.41, 5.74) is 0. The van der Waals surface area contributed by atoms with Gasteiger partial charge in [0, 0.05) is 30.5 Å². The van der Waals surface area contributed by atoms with Crippen LogP contribution in [0.5, 0.6) is 0 Å². The molecule has 0 amide bonds. The lowest BCUT2D eigenvalue weighted by Gasteiger charge is -2.30. The van der Waals surface area contributed by atoms with Gasteiger partial charge in [-0.3, -0.25) is 4.79 Å². The van der Waals surface area contributed by atoms with E-state index in [2.05, 4.69) is 28.1 Å². The Morgan fingerprint density at radius 1 is 1.58 bits per heavy atom. The summed E-state index contributed by atoms with van der Waals surface area (Å²) >= 11 is 1.42. The summed E-state index contributed by atoms with van der Waals surface area (Å²) in [6.45, 7) is 8.12. The first-order valence-corrected chi connectivity index (χ1v) is 7.64. The molecule has 1 aliphatic rings. The number of carbonyl (C=O) groups excluding carboxylic acids is 1. The molecule has 0 aliphatic carbocycles. The van der Waals surface area contributed by atoms with E-state index in [9.17, 15) is 4.79 Å². The van der Waals surface area contributed by atoms with E-state index in [1.165, 1.54) is 11.5 Å². The molecule has 1 unspecified atom stereocenters. The van der Waals surface area contributed by atoms with Crippen LogP contribution < -0.4 is 4.90 Å². The van der Waals surface area contributed by atoms with Crippen molar-refractivity contribution in [2.24, 2.45) is 5.92 Å². The third-order valence-electron chi connectivity index (χ3n) is 3.26. The number of carbonyl (C=O) groups is 1. The zero-order chi connectivity index (χ0) is 13.8. The zero-order valence-electron chi connectivity index (χ0n) is 11.8. The fourth-order valence-electron chi connectivity index (χ4n) is 2.19. The van der Waals surface area contributed by atoms with Gasteiger partial charge < -0.3 is 9.64 Å². The molecule has 106 valence electrons. The van der Waals surface area contributed by atoms with Gasteiger partial charge in [-0.25, -0.2) is 4.98 Å². The van der Waals surface area contributed by atoms with Crippen LogP contribution in [0.3, 0.4) is 0 Å². The Balaban J connectivity index is 2.02. The van der Waals surface area contributed by atoms with Crippen LogP contribution in [0, 0.1) is 5.92 Å². The molecule has 5 nitrogen and oxygen atoms in total. The fraction of sp³-hybridized carbons (Fsp3) is 0.769. The molecule has 0 bridgehead atoms. The van der Waals surface area contributed by atoms with Crippen molar-refractivity contribution in [1.82, 2.24) is 9.36 Å². The highest BCUT2D eigenvalue weighted by molar-refractivity contribution is 7.09. The van der Waals surface area contributed by atoms with Crippen molar-refractivity contribution in [3.05, 3.63) is 5.82 Å². The molecule has 0 N–H and O–H groups in total. The lowest BCUT2D eigenvalue weighted by atomic mass is 9.99. The highest BCUT2D eigenvalue weighted by atomic mass is 32.1. The van der Waals surface area contributed by atoms with Gasteiger partial charge in [0.05, 0.1) is 12.5 Å². The van der Waals surface area contributed by atoms with Crippen molar-refractivity contribution in [2.45, 2.75) is 39.5 Å². The molecule has 0 radical (unpaired) electrons. The number of anilines is 1. The quantitative estimate of drug-likeness (QED) is 0.794. The van der Waals surface area contributed by atoms with Crippen LogP contribution in [0.2, 0.25) is 0 Å². The number of ether oxygens (including phenoxy) is 1. The SMILES string of the molecule is CCOC(=O)C1CCCN(c2nc(C(C)C)ns2)C1. The summed E-state index contributed by atoms with van der Waals surface area (Å²) in [6, 6.07) is 0. The van der Waals surface area contributed by atoms with Crippen LogP contribution in [0.4, 0.5) is 5.13 Å². The Morgan fingerprint density at radius 3 is 3.00 bits per heavy atom. The predicted octanol–water partition coefficient (Wildman–Crippen LogP) is 2.44. The monoisotopic (exact) mass is 283 g/mol. The van der Waals surface area contributed by atoms with E-state index >= 15 is 0 Å². The van der Waals surface area contributed by atoms with E-state index in [-0.39, 0.29) is 11.9 Å². The zero-order valence-corrected chi connectivity index (χ0v) is 12.6. The van der Waals surface area contributed by atoms with Crippen molar-refractivity contribution in [3.8, 4) is 0 Å². The van der Waals surface area contributed by atoms with E-state index in [0.29, 0.717) is 19.1 Å². The smallest absolute Gasteiger partial charge is 0.310 e. The molecule has 6 heteroatoms. The van der Waals surface area contributed by atoms with Crippen molar-refractivity contribution < 1.29 is 9.53 Å². The van der Waals surface area contributed by atoms with Crippen LogP contribution in [0.25, 0.3) is 0 Å². The molecular formula is C13H21N3O2S. The summed E-state index contributed by atoms with van der Waals surface area (Å²) in [6.07, 6.45) is 1.91. The highest BCUT2D eigenvalue weighted by Gasteiger charge is 2.28. The number of hydrogen-bond acceptors (Lipinski definition) is 6. The maximum absolute atomic E-state index is 11.8. The van der Waals surface area contributed by atoms with Gasteiger partial charge in [0.15, 0.2) is 0 Å². The number of nitrogens with zero attached hydrogens (tertiary/aromatic N) is 3. The molecule has 1 atom stereocenters. The predicted molar refractivity (Wildman–Crippen MR) is 75.6 cm³/mol. The average Bonchev–Trinajstić information content (AvgIpc) is 2.89. The summed E-state index contributed by atoms with van der Waals surface area (Å²) in [7, 11) is 0. The Labute approximate surface area is 118 Å². The number of esters is 1. The van der Waals surface area contributed by atoms with E-state index < -0.39 is 0 Å². The van der Waals surface area contributed by atoms with Gasteiger partial charge in [-0.1, -0.05) is 13.8 Å². The standard InChI is InChI=1S/C13H21N3O2S/c1-4-18-12(17)10-6-5-7-16(8-10)13-14-11(9(2)3)15-19-13/h9-10H,4-8H2,1-3H3. The topological polar surface area (TPSA) is 55.3 Å². The first-order chi connectivity index (χ1) is 9.11. The molecule has 1 saturated heterocycles. The number of piperidine rings is 1. The van der Waals surface area contributed by atoms with Gasteiger partial charge >= 0.3 is 5.97 Å². The van der Waals surface area contributed by atoms with Crippen molar-refractivity contribution in [1.29, 1.82) is 0 Å². The van der Waals surface area contributed by atoms with E-state index in [4.69, 9.17) is 4.74 Å². The second kappa shape index (κ2) is 6.32. The van der Waals surface area contributed by atoms with Crippen molar-refractivity contribution in [3.63, 3.8) is 0 Å². The van der Waals surface area contributed by atoms with Crippen molar-refractivity contribution >= 4 is 22.6 Å². The normalized spacial score (nSPS) is 19.8. The van der Waals surface area contributed by atoms with Gasteiger partial charge in [-0.15, -0.1) is 0 Å². The molecule has 1 aromatic rings. The van der Waals surface area contributed by atoms with Gasteiger partial charge in [-0.05, 0) is 19.8 Å². The van der Waals surface area contributed by atoms with Crippen LogP contribution in [0.1, 0.15) is 45.4 Å². The molecular weight excluding hydrogens is 262 g/mol. The summed E-state index contributed by atoms with van der Waals surface area (Å²) in [5, 5.41) is 0.928. The van der Waals surface area contributed by atoms with E-state index in [0.717, 1.165) is 30.3 Å². The number of rotatable bonds is 4. The summed E-state index contributed by atoms with van der Waals surface area (Å²) < 4.78 is 9.48. The maximum atomic E-state index is 11.8. The molecule has 0 aromatic carbocycles. The Morgan fingerprint density at radius 2 is 2.37 bits per heavy atom. The molecule has 0 saturated carbocycles. The summed E-state index contributed by atoms with van der Waals surface area (Å²) in [4.78, 5) is 18.5. The van der Waals surface area contributed by atoms with Crippen LogP contribution in [0.15, 0.2) is 0 Å². The van der Waals surface area contributed by atoms with Crippen LogP contribution in [-0.2, 0) is 9.53 Å². The minimum Gasteiger partial charge on any atom is -0.466 e. The Bertz CT molecular complexity index is 433. The first kappa shape index (κ1) is 14.2. The van der Waals surface area contributed by atoms with Gasteiger partial charge in [0.25, 0.3) is 0 Å².